The molecular formula is C18H36IN5O. The minimum atomic E-state index is 0. The summed E-state index contributed by atoms with van der Waals surface area (Å²) in [5.74, 6) is 1.10. The van der Waals surface area contributed by atoms with E-state index in [1.165, 1.54) is 32.1 Å². The molecule has 0 unspecified atom stereocenters. The largest absolute Gasteiger partial charge is 0.356 e. The van der Waals surface area contributed by atoms with E-state index in [0.29, 0.717) is 5.41 Å². The summed E-state index contributed by atoms with van der Waals surface area (Å²) in [6.45, 7) is 10.5. The van der Waals surface area contributed by atoms with E-state index in [2.05, 4.69) is 27.4 Å². The third kappa shape index (κ3) is 6.92. The first-order chi connectivity index (χ1) is 11.6. The van der Waals surface area contributed by atoms with Crippen LogP contribution in [0.5, 0.6) is 0 Å². The Labute approximate surface area is 170 Å². The third-order valence-corrected chi connectivity index (χ3v) is 5.81. The molecule has 2 aliphatic rings. The average molecular weight is 465 g/mol. The van der Waals surface area contributed by atoms with Crippen LogP contribution in [0.25, 0.3) is 0 Å². The highest BCUT2D eigenvalue weighted by molar-refractivity contribution is 14.0. The molecule has 2 N–H and O–H groups in total. The maximum atomic E-state index is 11.4. The smallest absolute Gasteiger partial charge is 0.219 e. The third-order valence-electron chi connectivity index (χ3n) is 5.81. The van der Waals surface area contributed by atoms with Gasteiger partial charge in [-0.05, 0) is 24.7 Å². The van der Waals surface area contributed by atoms with Crippen molar-refractivity contribution in [1.29, 1.82) is 0 Å². The van der Waals surface area contributed by atoms with Crippen LogP contribution in [0.2, 0.25) is 0 Å². The van der Waals surface area contributed by atoms with Crippen LogP contribution in [0.4, 0.5) is 0 Å². The van der Waals surface area contributed by atoms with Crippen molar-refractivity contribution in [3.05, 3.63) is 0 Å². The van der Waals surface area contributed by atoms with E-state index in [1.54, 1.807) is 6.92 Å². The Morgan fingerprint density at radius 1 is 1.12 bits per heavy atom. The number of rotatable bonds is 6. The molecule has 0 aromatic carbocycles. The fourth-order valence-electron chi connectivity index (χ4n) is 3.89. The highest BCUT2D eigenvalue weighted by Gasteiger charge is 2.31. The summed E-state index contributed by atoms with van der Waals surface area (Å²) in [6, 6.07) is 0. The van der Waals surface area contributed by atoms with Gasteiger partial charge in [0.2, 0.25) is 5.91 Å². The van der Waals surface area contributed by atoms with E-state index in [0.717, 1.165) is 51.8 Å². The number of piperazine rings is 1. The molecule has 0 bridgehead atoms. The number of amides is 1. The van der Waals surface area contributed by atoms with Crippen LogP contribution < -0.4 is 10.6 Å². The first kappa shape index (κ1) is 22.5. The van der Waals surface area contributed by atoms with Gasteiger partial charge in [-0.25, -0.2) is 0 Å². The minimum absolute atomic E-state index is 0. The Hall–Kier alpha value is -0.570. The van der Waals surface area contributed by atoms with E-state index in [9.17, 15) is 4.79 Å². The number of aliphatic imine (C=N–C) groups is 1. The summed E-state index contributed by atoms with van der Waals surface area (Å²) in [7, 11) is 1.84. The van der Waals surface area contributed by atoms with Gasteiger partial charge in [0, 0.05) is 59.8 Å². The van der Waals surface area contributed by atoms with E-state index >= 15 is 0 Å². The second-order valence-electron chi connectivity index (χ2n) is 7.26. The summed E-state index contributed by atoms with van der Waals surface area (Å²) in [6.07, 6.45) is 6.67. The lowest BCUT2D eigenvalue weighted by Crippen LogP contribution is -2.50. The molecule has 1 saturated carbocycles. The second kappa shape index (κ2) is 11.2. The normalized spacial score (nSPS) is 20.9. The van der Waals surface area contributed by atoms with E-state index in [-0.39, 0.29) is 29.9 Å². The van der Waals surface area contributed by atoms with Gasteiger partial charge in [-0.2, -0.15) is 0 Å². The summed E-state index contributed by atoms with van der Waals surface area (Å²) in [4.78, 5) is 20.0. The number of nitrogens with one attached hydrogen (secondary N) is 2. The number of carbonyl (C=O) groups is 1. The van der Waals surface area contributed by atoms with E-state index < -0.39 is 0 Å². The van der Waals surface area contributed by atoms with Gasteiger partial charge in [-0.15, -0.1) is 24.0 Å². The van der Waals surface area contributed by atoms with Crippen molar-refractivity contribution in [3.8, 4) is 0 Å². The number of carbonyl (C=O) groups excluding carboxylic acids is 1. The van der Waals surface area contributed by atoms with Crippen LogP contribution in [-0.4, -0.2) is 74.5 Å². The number of halogens is 1. The van der Waals surface area contributed by atoms with Crippen molar-refractivity contribution in [1.82, 2.24) is 20.4 Å². The van der Waals surface area contributed by atoms with Crippen molar-refractivity contribution in [2.45, 2.75) is 46.0 Å². The van der Waals surface area contributed by atoms with Gasteiger partial charge >= 0.3 is 0 Å². The SMILES string of the molecule is CCC1(CNC(=NC)NCCN2CCN(C(C)=O)CC2)CCCC1.I. The van der Waals surface area contributed by atoms with Gasteiger partial charge < -0.3 is 15.5 Å². The summed E-state index contributed by atoms with van der Waals surface area (Å²) >= 11 is 0. The summed E-state index contributed by atoms with van der Waals surface area (Å²) < 4.78 is 0. The highest BCUT2D eigenvalue weighted by Crippen LogP contribution is 2.40. The Morgan fingerprint density at radius 2 is 1.76 bits per heavy atom. The molecule has 25 heavy (non-hydrogen) atoms. The van der Waals surface area contributed by atoms with Crippen molar-refractivity contribution >= 4 is 35.8 Å². The molecule has 146 valence electrons. The number of guanidine groups is 1. The van der Waals surface area contributed by atoms with Crippen molar-refractivity contribution in [3.63, 3.8) is 0 Å². The van der Waals surface area contributed by atoms with Gasteiger partial charge in [0.1, 0.15) is 0 Å². The summed E-state index contributed by atoms with van der Waals surface area (Å²) in [5, 5.41) is 6.96. The minimum Gasteiger partial charge on any atom is -0.356 e. The zero-order valence-corrected chi connectivity index (χ0v) is 18.5. The standard InChI is InChI=1S/C18H35N5O.HI/c1-4-18(7-5-6-8-18)15-21-17(19-3)20-9-10-22-11-13-23(14-12-22)16(2)24;/h4-15H2,1-3H3,(H2,19,20,21);1H. The molecule has 2 fully saturated rings. The lowest BCUT2D eigenvalue weighted by molar-refractivity contribution is -0.130. The van der Waals surface area contributed by atoms with Crippen LogP contribution in [0.1, 0.15) is 46.0 Å². The van der Waals surface area contributed by atoms with Crippen LogP contribution in [0, 0.1) is 5.41 Å². The lowest BCUT2D eigenvalue weighted by atomic mass is 9.83. The van der Waals surface area contributed by atoms with Gasteiger partial charge in [0.25, 0.3) is 0 Å². The van der Waals surface area contributed by atoms with Gasteiger partial charge in [0.05, 0.1) is 0 Å². The Balaban J connectivity index is 0.00000312. The molecule has 1 aliphatic heterocycles. The monoisotopic (exact) mass is 465 g/mol. The Bertz CT molecular complexity index is 429. The fourth-order valence-corrected chi connectivity index (χ4v) is 3.89. The molecule has 6 nitrogen and oxygen atoms in total. The van der Waals surface area contributed by atoms with Crippen LogP contribution in [0.15, 0.2) is 4.99 Å². The fraction of sp³-hybridized carbons (Fsp3) is 0.889. The predicted molar refractivity (Wildman–Crippen MR) is 115 cm³/mol. The predicted octanol–water partition coefficient (Wildman–Crippen LogP) is 1.90. The van der Waals surface area contributed by atoms with Crippen LogP contribution in [-0.2, 0) is 4.79 Å². The number of hydrogen-bond donors (Lipinski definition) is 2. The molecule has 1 aliphatic carbocycles. The topological polar surface area (TPSA) is 60.0 Å². The van der Waals surface area contributed by atoms with Crippen molar-refractivity contribution in [2.75, 3.05) is 52.9 Å². The quantitative estimate of drug-likeness (QED) is 0.358. The number of hydrogen-bond acceptors (Lipinski definition) is 3. The molecule has 0 radical (unpaired) electrons. The Kier molecular flexibility index (Phi) is 10.1. The average Bonchev–Trinajstić information content (AvgIpc) is 3.08. The second-order valence-corrected chi connectivity index (χ2v) is 7.26. The van der Waals surface area contributed by atoms with Crippen LogP contribution >= 0.6 is 24.0 Å². The molecular weight excluding hydrogens is 429 g/mol. The first-order valence-corrected chi connectivity index (χ1v) is 9.51. The maximum absolute atomic E-state index is 11.4. The molecule has 7 heteroatoms. The lowest BCUT2D eigenvalue weighted by Gasteiger charge is -2.34. The highest BCUT2D eigenvalue weighted by atomic mass is 127. The van der Waals surface area contributed by atoms with E-state index in [4.69, 9.17) is 0 Å². The van der Waals surface area contributed by atoms with E-state index in [1.807, 2.05) is 11.9 Å². The first-order valence-electron chi connectivity index (χ1n) is 9.51. The maximum Gasteiger partial charge on any atom is 0.219 e. The molecule has 2 rings (SSSR count). The molecule has 1 heterocycles. The summed E-state index contributed by atoms with van der Waals surface area (Å²) in [5.41, 5.74) is 0.473. The van der Waals surface area contributed by atoms with Crippen LogP contribution in [0.3, 0.4) is 0 Å². The molecule has 0 spiro atoms. The van der Waals surface area contributed by atoms with Gasteiger partial charge in [-0.3, -0.25) is 14.7 Å². The Morgan fingerprint density at radius 3 is 2.28 bits per heavy atom. The molecule has 0 aromatic heterocycles. The molecule has 0 aromatic rings. The zero-order valence-electron chi connectivity index (χ0n) is 16.1. The molecule has 1 amide bonds. The van der Waals surface area contributed by atoms with Crippen molar-refractivity contribution in [2.24, 2.45) is 10.4 Å². The molecule has 1 saturated heterocycles. The zero-order chi connectivity index (χ0) is 17.4. The van der Waals surface area contributed by atoms with Gasteiger partial charge in [-0.1, -0.05) is 19.8 Å². The van der Waals surface area contributed by atoms with Gasteiger partial charge in [0.15, 0.2) is 5.96 Å². The van der Waals surface area contributed by atoms with Crippen molar-refractivity contribution < 1.29 is 4.79 Å². The number of nitrogens with zero attached hydrogens (tertiary/aromatic N) is 3. The molecule has 0 atom stereocenters.